The van der Waals surface area contributed by atoms with Crippen molar-refractivity contribution >= 4 is 5.91 Å². The van der Waals surface area contributed by atoms with Crippen LogP contribution in [0.3, 0.4) is 0 Å². The molecule has 0 saturated heterocycles. The zero-order chi connectivity index (χ0) is 21.8. The summed E-state index contributed by atoms with van der Waals surface area (Å²) in [6, 6.07) is 10.00. The minimum atomic E-state index is -0.355. The van der Waals surface area contributed by atoms with E-state index in [1.54, 1.807) is 36.1 Å². The number of rotatable bonds is 7. The van der Waals surface area contributed by atoms with E-state index in [-0.39, 0.29) is 23.7 Å². The van der Waals surface area contributed by atoms with Gasteiger partial charge in [-0.3, -0.25) is 4.79 Å². The topological polar surface area (TPSA) is 81.9 Å². The molecule has 0 radical (unpaired) electrons. The van der Waals surface area contributed by atoms with Gasteiger partial charge in [0.1, 0.15) is 5.82 Å². The number of ether oxygens (including phenoxy) is 1. The maximum absolute atomic E-state index is 14.7. The van der Waals surface area contributed by atoms with Crippen LogP contribution in [0, 0.1) is 12.7 Å². The summed E-state index contributed by atoms with van der Waals surface area (Å²) in [5.41, 5.74) is 2.77. The molecule has 1 heterocycles. The van der Waals surface area contributed by atoms with Crippen molar-refractivity contribution in [1.82, 2.24) is 25.5 Å². The number of aryl methyl sites for hydroxylation is 1. The van der Waals surface area contributed by atoms with Gasteiger partial charge in [-0.15, -0.1) is 5.10 Å². The molecule has 0 fully saturated rings. The number of hydrogen-bond donors (Lipinski definition) is 1. The Bertz CT molecular complexity index is 1050. The summed E-state index contributed by atoms with van der Waals surface area (Å²) in [4.78, 5) is 12.9. The Labute approximate surface area is 175 Å². The molecular weight excluding hydrogens is 385 g/mol. The monoisotopic (exact) mass is 411 g/mol. The van der Waals surface area contributed by atoms with Gasteiger partial charge >= 0.3 is 0 Å². The van der Waals surface area contributed by atoms with E-state index in [4.69, 9.17) is 4.74 Å². The van der Waals surface area contributed by atoms with Crippen LogP contribution >= 0.6 is 0 Å². The van der Waals surface area contributed by atoms with Gasteiger partial charge in [-0.25, -0.2) is 4.39 Å². The van der Waals surface area contributed by atoms with Crippen molar-refractivity contribution in [3.63, 3.8) is 0 Å². The van der Waals surface area contributed by atoms with Crippen LogP contribution in [0.4, 0.5) is 4.39 Å². The van der Waals surface area contributed by atoms with Crippen molar-refractivity contribution in [1.29, 1.82) is 0 Å². The van der Waals surface area contributed by atoms with E-state index < -0.39 is 0 Å². The lowest BCUT2D eigenvalue weighted by Gasteiger charge is -2.15. The lowest BCUT2D eigenvalue weighted by molar-refractivity contribution is 0.0905. The van der Waals surface area contributed by atoms with E-state index in [2.05, 4.69) is 20.8 Å². The number of carbonyl (C=O) groups is 1. The molecule has 0 aliphatic rings. The Morgan fingerprint density at radius 3 is 2.63 bits per heavy atom. The van der Waals surface area contributed by atoms with E-state index in [9.17, 15) is 9.18 Å². The minimum Gasteiger partial charge on any atom is -0.383 e. The van der Waals surface area contributed by atoms with E-state index in [1.165, 1.54) is 6.07 Å². The van der Waals surface area contributed by atoms with Gasteiger partial charge in [-0.1, -0.05) is 26.0 Å². The molecule has 1 unspecified atom stereocenters. The number of halogens is 1. The average Bonchev–Trinajstić information content (AvgIpc) is 3.18. The van der Waals surface area contributed by atoms with Crippen LogP contribution in [-0.4, -0.2) is 45.9 Å². The Morgan fingerprint density at radius 1 is 1.20 bits per heavy atom. The molecule has 8 heteroatoms. The van der Waals surface area contributed by atoms with Crippen LogP contribution in [-0.2, 0) is 4.74 Å². The highest BCUT2D eigenvalue weighted by Gasteiger charge is 2.18. The molecule has 0 aliphatic heterocycles. The van der Waals surface area contributed by atoms with Crippen LogP contribution in [0.1, 0.15) is 48.4 Å². The quantitative estimate of drug-likeness (QED) is 0.642. The zero-order valence-corrected chi connectivity index (χ0v) is 17.8. The molecule has 1 N–H and O–H groups in total. The lowest BCUT2D eigenvalue weighted by Crippen LogP contribution is -2.35. The van der Waals surface area contributed by atoms with Crippen molar-refractivity contribution in [2.24, 2.45) is 0 Å². The third-order valence-electron chi connectivity index (χ3n) is 4.66. The maximum atomic E-state index is 14.7. The van der Waals surface area contributed by atoms with E-state index in [1.807, 2.05) is 33.8 Å². The first-order valence-electron chi connectivity index (χ1n) is 9.80. The number of nitrogens with one attached hydrogen (secondary N) is 1. The minimum absolute atomic E-state index is 0.0683. The number of amides is 1. The van der Waals surface area contributed by atoms with Gasteiger partial charge in [0.15, 0.2) is 5.82 Å². The van der Waals surface area contributed by atoms with Crippen LogP contribution < -0.4 is 5.32 Å². The summed E-state index contributed by atoms with van der Waals surface area (Å²) in [7, 11) is 1.58. The summed E-state index contributed by atoms with van der Waals surface area (Å²) >= 11 is 0. The summed E-state index contributed by atoms with van der Waals surface area (Å²) in [6.07, 6.45) is 0. The summed E-state index contributed by atoms with van der Waals surface area (Å²) in [5.74, 6) is 0.0794. The molecule has 0 bridgehead atoms. The first kappa shape index (κ1) is 21.6. The number of nitrogens with zero attached hydrogens (tertiary/aromatic N) is 4. The Hall–Kier alpha value is -3.13. The van der Waals surface area contributed by atoms with Crippen LogP contribution in [0.2, 0.25) is 0 Å². The van der Waals surface area contributed by atoms with Crippen molar-refractivity contribution in [3.05, 3.63) is 59.2 Å². The average molecular weight is 411 g/mol. The van der Waals surface area contributed by atoms with Gasteiger partial charge < -0.3 is 10.1 Å². The fourth-order valence-electron chi connectivity index (χ4n) is 3.21. The molecule has 158 valence electrons. The second-order valence-electron chi connectivity index (χ2n) is 7.69. The van der Waals surface area contributed by atoms with E-state index >= 15 is 0 Å². The number of methoxy groups -OCH3 is 1. The molecule has 0 spiro atoms. The molecular formula is C22H26FN5O2. The molecule has 3 rings (SSSR count). The van der Waals surface area contributed by atoms with Crippen molar-refractivity contribution in [3.8, 4) is 16.8 Å². The number of hydrogen-bond acceptors (Lipinski definition) is 5. The van der Waals surface area contributed by atoms with Gasteiger partial charge in [0.2, 0.25) is 0 Å². The lowest BCUT2D eigenvalue weighted by atomic mass is 9.99. The Kier molecular flexibility index (Phi) is 6.56. The fourth-order valence-corrected chi connectivity index (χ4v) is 3.21. The predicted octanol–water partition coefficient (Wildman–Crippen LogP) is 3.66. The van der Waals surface area contributed by atoms with Gasteiger partial charge in [-0.2, -0.15) is 4.68 Å². The predicted molar refractivity (Wildman–Crippen MR) is 112 cm³/mol. The first-order valence-corrected chi connectivity index (χ1v) is 9.80. The fraction of sp³-hybridized carbons (Fsp3) is 0.364. The van der Waals surface area contributed by atoms with Crippen molar-refractivity contribution in [2.45, 2.75) is 39.7 Å². The third kappa shape index (κ3) is 4.71. The van der Waals surface area contributed by atoms with Crippen LogP contribution in [0.25, 0.3) is 16.8 Å². The molecule has 2 aromatic carbocycles. The number of aromatic nitrogens is 4. The normalized spacial score (nSPS) is 12.2. The van der Waals surface area contributed by atoms with Gasteiger partial charge in [0.25, 0.3) is 5.91 Å². The molecule has 30 heavy (non-hydrogen) atoms. The highest BCUT2D eigenvalue weighted by Crippen LogP contribution is 2.28. The van der Waals surface area contributed by atoms with Crippen LogP contribution in [0.15, 0.2) is 36.4 Å². The first-order chi connectivity index (χ1) is 14.3. The van der Waals surface area contributed by atoms with Crippen LogP contribution in [0.5, 0.6) is 0 Å². The summed E-state index contributed by atoms with van der Waals surface area (Å²) < 4.78 is 21.4. The molecule has 0 aliphatic carbocycles. The van der Waals surface area contributed by atoms with Crippen molar-refractivity contribution < 1.29 is 13.9 Å². The molecule has 1 aromatic heterocycles. The van der Waals surface area contributed by atoms with Crippen molar-refractivity contribution in [2.75, 3.05) is 13.7 Å². The second-order valence-corrected chi connectivity index (χ2v) is 7.69. The maximum Gasteiger partial charge on any atom is 0.251 e. The molecule has 3 aromatic rings. The molecule has 1 amide bonds. The number of benzene rings is 2. The highest BCUT2D eigenvalue weighted by atomic mass is 19.1. The number of tetrazole rings is 1. The van der Waals surface area contributed by atoms with Gasteiger partial charge in [-0.05, 0) is 59.7 Å². The van der Waals surface area contributed by atoms with E-state index in [0.29, 0.717) is 34.8 Å². The zero-order valence-electron chi connectivity index (χ0n) is 17.8. The molecule has 1 atom stereocenters. The molecule has 0 saturated carbocycles. The number of carbonyl (C=O) groups excluding carboxylic acids is 1. The highest BCUT2D eigenvalue weighted by molar-refractivity contribution is 5.96. The SMILES string of the molecule is COCC(C)NC(=O)c1cc(-c2ccc(C)cc2F)cc(-n2nnnc2C(C)C)c1. The second kappa shape index (κ2) is 9.13. The third-order valence-corrected chi connectivity index (χ3v) is 4.66. The standard InChI is InChI=1S/C22H26FN5O2/c1-13(2)21-25-26-27-28(21)18-10-16(19-7-6-14(3)8-20(19)23)9-17(11-18)22(29)24-15(4)12-30-5/h6-11,13,15H,12H2,1-5H3,(H,24,29). The van der Waals surface area contributed by atoms with Gasteiger partial charge in [0, 0.05) is 30.2 Å². The summed E-state index contributed by atoms with van der Waals surface area (Å²) in [5, 5.41) is 14.8. The smallest absolute Gasteiger partial charge is 0.251 e. The van der Waals surface area contributed by atoms with E-state index in [0.717, 1.165) is 5.56 Å². The Balaban J connectivity index is 2.12. The Morgan fingerprint density at radius 2 is 1.97 bits per heavy atom. The summed E-state index contributed by atoms with van der Waals surface area (Å²) in [6.45, 7) is 8.02. The van der Waals surface area contributed by atoms with Gasteiger partial charge in [0.05, 0.1) is 12.3 Å². The largest absolute Gasteiger partial charge is 0.383 e. The molecule has 7 nitrogen and oxygen atoms in total.